The number of carboxylic acid groups (broad SMARTS) is 1. The number of carbonyl (C=O) groups is 2. The molecule has 1 saturated heterocycles. The van der Waals surface area contributed by atoms with Crippen molar-refractivity contribution < 1.29 is 14.7 Å². The van der Waals surface area contributed by atoms with Crippen LogP contribution in [0, 0.1) is 6.92 Å². The molecule has 1 heterocycles. The van der Waals surface area contributed by atoms with Crippen molar-refractivity contribution in [1.29, 1.82) is 0 Å². The first kappa shape index (κ1) is 14.8. The van der Waals surface area contributed by atoms with Gasteiger partial charge in [-0.05, 0) is 44.0 Å². The average Bonchev–Trinajstić information content (AvgIpc) is 2.82. The minimum atomic E-state index is -0.866. The fraction of sp³-hybridized carbons (Fsp3) is 0.429. The zero-order valence-electron chi connectivity index (χ0n) is 11.2. The minimum absolute atomic E-state index is 0.0862. The largest absolute Gasteiger partial charge is 0.480 e. The van der Waals surface area contributed by atoms with E-state index in [1.54, 1.807) is 17.0 Å². The number of halogens is 1. The number of benzene rings is 1. The SMILES string of the molecule is Cc1ccc(Cl)cc1NC(=O)CN1CCCC1C(=O)O. The van der Waals surface area contributed by atoms with Crippen molar-refractivity contribution in [3.63, 3.8) is 0 Å². The van der Waals surface area contributed by atoms with Gasteiger partial charge < -0.3 is 10.4 Å². The molecule has 108 valence electrons. The van der Waals surface area contributed by atoms with Gasteiger partial charge in [0.25, 0.3) is 0 Å². The molecular formula is C14H17ClN2O3. The molecule has 2 N–H and O–H groups in total. The first-order chi connectivity index (χ1) is 9.47. The van der Waals surface area contributed by atoms with Crippen molar-refractivity contribution in [3.8, 4) is 0 Å². The van der Waals surface area contributed by atoms with Crippen molar-refractivity contribution in [2.75, 3.05) is 18.4 Å². The van der Waals surface area contributed by atoms with Crippen LogP contribution in [-0.2, 0) is 9.59 Å². The lowest BCUT2D eigenvalue weighted by Crippen LogP contribution is -2.40. The molecule has 0 spiro atoms. The highest BCUT2D eigenvalue weighted by Crippen LogP contribution is 2.21. The number of aryl methyl sites for hydroxylation is 1. The molecule has 1 fully saturated rings. The van der Waals surface area contributed by atoms with Crippen LogP contribution < -0.4 is 5.32 Å². The first-order valence-corrected chi connectivity index (χ1v) is 6.88. The predicted molar refractivity (Wildman–Crippen MR) is 77.0 cm³/mol. The Labute approximate surface area is 122 Å². The van der Waals surface area contributed by atoms with Gasteiger partial charge in [-0.25, -0.2) is 0 Å². The summed E-state index contributed by atoms with van der Waals surface area (Å²) in [5.74, 6) is -1.09. The van der Waals surface area contributed by atoms with Crippen LogP contribution in [0.5, 0.6) is 0 Å². The third kappa shape index (κ3) is 3.49. The normalized spacial score (nSPS) is 19.0. The number of carbonyl (C=O) groups excluding carboxylic acids is 1. The molecule has 5 nitrogen and oxygen atoms in total. The van der Waals surface area contributed by atoms with Crippen LogP contribution in [0.15, 0.2) is 18.2 Å². The van der Waals surface area contributed by atoms with E-state index in [4.69, 9.17) is 16.7 Å². The summed E-state index contributed by atoms with van der Waals surface area (Å²) in [6.45, 7) is 2.60. The highest BCUT2D eigenvalue weighted by Gasteiger charge is 2.31. The Morgan fingerprint density at radius 2 is 2.25 bits per heavy atom. The second-order valence-electron chi connectivity index (χ2n) is 4.97. The number of anilines is 1. The zero-order chi connectivity index (χ0) is 14.7. The lowest BCUT2D eigenvalue weighted by molar-refractivity contribution is -0.142. The van der Waals surface area contributed by atoms with Crippen LogP contribution in [0.3, 0.4) is 0 Å². The van der Waals surface area contributed by atoms with Gasteiger partial charge in [0.1, 0.15) is 6.04 Å². The van der Waals surface area contributed by atoms with Gasteiger partial charge in [0.2, 0.25) is 5.91 Å². The summed E-state index contributed by atoms with van der Waals surface area (Å²) in [6, 6.07) is 4.72. The van der Waals surface area contributed by atoms with Gasteiger partial charge in [-0.15, -0.1) is 0 Å². The first-order valence-electron chi connectivity index (χ1n) is 6.50. The lowest BCUT2D eigenvalue weighted by Gasteiger charge is -2.20. The molecule has 1 aromatic carbocycles. The number of hydrogen-bond acceptors (Lipinski definition) is 3. The topological polar surface area (TPSA) is 69.6 Å². The molecule has 1 amide bonds. The van der Waals surface area contributed by atoms with Gasteiger partial charge in [0.05, 0.1) is 6.54 Å². The smallest absolute Gasteiger partial charge is 0.320 e. The molecule has 0 bridgehead atoms. The standard InChI is InChI=1S/C14H17ClN2O3/c1-9-4-5-10(15)7-11(9)16-13(18)8-17-6-2-3-12(17)14(19)20/h4-5,7,12H,2-3,6,8H2,1H3,(H,16,18)(H,19,20). The average molecular weight is 297 g/mol. The Bertz CT molecular complexity index is 533. The van der Waals surface area contributed by atoms with Crippen LogP contribution in [0.1, 0.15) is 18.4 Å². The van der Waals surface area contributed by atoms with Crippen LogP contribution in [0.25, 0.3) is 0 Å². The fourth-order valence-electron chi connectivity index (χ4n) is 2.40. The monoisotopic (exact) mass is 296 g/mol. The van der Waals surface area contributed by atoms with E-state index in [-0.39, 0.29) is 12.5 Å². The van der Waals surface area contributed by atoms with E-state index >= 15 is 0 Å². The Balaban J connectivity index is 1.99. The van der Waals surface area contributed by atoms with Crippen molar-refractivity contribution in [3.05, 3.63) is 28.8 Å². The third-order valence-electron chi connectivity index (χ3n) is 3.47. The summed E-state index contributed by atoms with van der Waals surface area (Å²) in [5.41, 5.74) is 1.58. The molecule has 0 radical (unpaired) electrons. The number of nitrogens with one attached hydrogen (secondary N) is 1. The van der Waals surface area contributed by atoms with Crippen LogP contribution >= 0.6 is 11.6 Å². The van der Waals surface area contributed by atoms with Gasteiger partial charge in [0, 0.05) is 10.7 Å². The fourth-order valence-corrected chi connectivity index (χ4v) is 2.57. The van der Waals surface area contributed by atoms with E-state index in [1.165, 1.54) is 0 Å². The van der Waals surface area contributed by atoms with Gasteiger partial charge in [0.15, 0.2) is 0 Å². The predicted octanol–water partition coefficient (Wildman–Crippen LogP) is 2.14. The van der Waals surface area contributed by atoms with E-state index in [1.807, 2.05) is 13.0 Å². The molecule has 1 aliphatic rings. The van der Waals surface area contributed by atoms with E-state index in [0.717, 1.165) is 12.0 Å². The van der Waals surface area contributed by atoms with Crippen LogP contribution in [0.2, 0.25) is 5.02 Å². The summed E-state index contributed by atoms with van der Waals surface area (Å²) in [5, 5.41) is 12.4. The van der Waals surface area contributed by atoms with E-state index in [9.17, 15) is 9.59 Å². The highest BCUT2D eigenvalue weighted by atomic mass is 35.5. The number of rotatable bonds is 4. The molecule has 6 heteroatoms. The van der Waals surface area contributed by atoms with Crippen molar-refractivity contribution in [1.82, 2.24) is 4.90 Å². The van der Waals surface area contributed by atoms with Gasteiger partial charge in [-0.2, -0.15) is 0 Å². The van der Waals surface area contributed by atoms with Gasteiger partial charge in [-0.1, -0.05) is 17.7 Å². The number of amides is 1. The molecule has 2 rings (SSSR count). The summed E-state index contributed by atoms with van der Waals surface area (Å²) in [4.78, 5) is 24.8. The van der Waals surface area contributed by atoms with Crippen molar-refractivity contribution in [2.24, 2.45) is 0 Å². The Morgan fingerprint density at radius 1 is 1.50 bits per heavy atom. The molecule has 1 aliphatic heterocycles. The Kier molecular flexibility index (Phi) is 4.62. The summed E-state index contributed by atoms with van der Waals surface area (Å²) in [6.07, 6.45) is 1.40. The summed E-state index contributed by atoms with van der Waals surface area (Å²) >= 11 is 5.90. The summed E-state index contributed by atoms with van der Waals surface area (Å²) < 4.78 is 0. The molecule has 1 unspecified atom stereocenters. The maximum absolute atomic E-state index is 12.0. The maximum Gasteiger partial charge on any atom is 0.320 e. The zero-order valence-corrected chi connectivity index (χ0v) is 12.0. The number of nitrogens with zero attached hydrogens (tertiary/aromatic N) is 1. The van der Waals surface area contributed by atoms with E-state index in [2.05, 4.69) is 5.32 Å². The van der Waals surface area contributed by atoms with E-state index < -0.39 is 12.0 Å². The molecule has 1 aromatic rings. The number of carboxylic acids is 1. The minimum Gasteiger partial charge on any atom is -0.480 e. The van der Waals surface area contributed by atoms with Gasteiger partial charge in [-0.3, -0.25) is 14.5 Å². The third-order valence-corrected chi connectivity index (χ3v) is 3.70. The molecule has 0 saturated carbocycles. The lowest BCUT2D eigenvalue weighted by atomic mass is 10.2. The maximum atomic E-state index is 12.0. The number of aliphatic carboxylic acids is 1. The highest BCUT2D eigenvalue weighted by molar-refractivity contribution is 6.31. The number of hydrogen-bond donors (Lipinski definition) is 2. The Hall–Kier alpha value is -1.59. The second kappa shape index (κ2) is 6.24. The molecular weight excluding hydrogens is 280 g/mol. The van der Waals surface area contributed by atoms with Gasteiger partial charge >= 0.3 is 5.97 Å². The molecule has 0 aromatic heterocycles. The van der Waals surface area contributed by atoms with Crippen LogP contribution in [-0.4, -0.2) is 41.0 Å². The van der Waals surface area contributed by atoms with Crippen LogP contribution in [0.4, 0.5) is 5.69 Å². The van der Waals surface area contributed by atoms with E-state index in [0.29, 0.717) is 23.7 Å². The molecule has 20 heavy (non-hydrogen) atoms. The summed E-state index contributed by atoms with van der Waals surface area (Å²) in [7, 11) is 0. The number of likely N-dealkylation sites (tertiary alicyclic amines) is 1. The van der Waals surface area contributed by atoms with Crippen molar-refractivity contribution in [2.45, 2.75) is 25.8 Å². The molecule has 1 atom stereocenters. The van der Waals surface area contributed by atoms with Crippen molar-refractivity contribution >= 4 is 29.2 Å². The molecule has 0 aliphatic carbocycles. The Morgan fingerprint density at radius 3 is 2.95 bits per heavy atom. The second-order valence-corrected chi connectivity index (χ2v) is 5.41. The quantitative estimate of drug-likeness (QED) is 0.893.